The van der Waals surface area contributed by atoms with Gasteiger partial charge in [-0.05, 0) is 30.7 Å². The molecule has 3 rings (SSSR count). The highest BCUT2D eigenvalue weighted by molar-refractivity contribution is 5.52. The van der Waals surface area contributed by atoms with Crippen LogP contribution in [0.2, 0.25) is 0 Å². The molecule has 0 saturated heterocycles. The number of aryl methyl sites for hydroxylation is 2. The Bertz CT molecular complexity index is 786. The van der Waals surface area contributed by atoms with E-state index in [4.69, 9.17) is 15.9 Å². The molecule has 3 aromatic rings. The number of nitrogen functional groups attached to an aromatic ring is 2. The van der Waals surface area contributed by atoms with E-state index >= 15 is 0 Å². The maximum absolute atomic E-state index is 12.9. The molecule has 8 heteroatoms. The number of hydrogen-bond acceptors (Lipinski definition) is 7. The molecule has 0 unspecified atom stereocenters. The molecule has 1 aromatic carbocycles. The van der Waals surface area contributed by atoms with Gasteiger partial charge in [0.15, 0.2) is 0 Å². The molecule has 0 aliphatic carbocycles. The van der Waals surface area contributed by atoms with Crippen LogP contribution < -0.4 is 11.5 Å². The van der Waals surface area contributed by atoms with Gasteiger partial charge in [-0.15, -0.1) is 10.2 Å². The lowest BCUT2D eigenvalue weighted by Gasteiger charge is -2.02. The molecule has 0 bridgehead atoms. The first-order valence-electron chi connectivity index (χ1n) is 6.57. The summed E-state index contributed by atoms with van der Waals surface area (Å²) >= 11 is 0. The Kier molecular flexibility index (Phi) is 3.65. The first kappa shape index (κ1) is 13.9. The first-order valence-corrected chi connectivity index (χ1v) is 6.57. The van der Waals surface area contributed by atoms with Crippen LogP contribution in [0.1, 0.15) is 11.5 Å². The molecule has 7 nitrogen and oxygen atoms in total. The van der Waals surface area contributed by atoms with Gasteiger partial charge in [0, 0.05) is 23.7 Å². The van der Waals surface area contributed by atoms with Crippen LogP contribution in [0.15, 0.2) is 34.9 Å². The van der Waals surface area contributed by atoms with Gasteiger partial charge in [-0.25, -0.2) is 9.37 Å². The Morgan fingerprint density at radius 2 is 1.82 bits per heavy atom. The largest absolute Gasteiger partial charge is 0.421 e. The standard InChI is InChI=1S/C14H13FN6O/c15-10-4-1-8(2-5-10)13-21-20-11(22-13)6-3-9-7-18-14(17)19-12(9)16/h1-2,4-5,7H,3,6H2,(H4,16,17,18,19). The highest BCUT2D eigenvalue weighted by atomic mass is 19.1. The third kappa shape index (κ3) is 3.00. The van der Waals surface area contributed by atoms with Crippen LogP contribution in [0, 0.1) is 5.82 Å². The first-order chi connectivity index (χ1) is 10.6. The van der Waals surface area contributed by atoms with Crippen LogP contribution in [0.3, 0.4) is 0 Å². The number of hydrogen-bond donors (Lipinski definition) is 2. The third-order valence-corrected chi connectivity index (χ3v) is 3.08. The summed E-state index contributed by atoms with van der Waals surface area (Å²) in [6.07, 6.45) is 2.62. The minimum Gasteiger partial charge on any atom is -0.421 e. The predicted octanol–water partition coefficient (Wildman–Crippen LogP) is 1.62. The summed E-state index contributed by atoms with van der Waals surface area (Å²) in [5, 5.41) is 7.90. The summed E-state index contributed by atoms with van der Waals surface area (Å²) in [4.78, 5) is 7.79. The van der Waals surface area contributed by atoms with Crippen LogP contribution in [-0.4, -0.2) is 20.2 Å². The Morgan fingerprint density at radius 3 is 2.55 bits per heavy atom. The lowest BCUT2D eigenvalue weighted by Crippen LogP contribution is -2.04. The molecule has 0 spiro atoms. The van der Waals surface area contributed by atoms with E-state index in [0.29, 0.717) is 36.0 Å². The van der Waals surface area contributed by atoms with Crippen LogP contribution in [0.5, 0.6) is 0 Å². The van der Waals surface area contributed by atoms with Crippen molar-refractivity contribution in [3.63, 3.8) is 0 Å². The van der Waals surface area contributed by atoms with E-state index < -0.39 is 0 Å². The molecule has 2 heterocycles. The molecular weight excluding hydrogens is 287 g/mol. The summed E-state index contributed by atoms with van der Waals surface area (Å²) in [7, 11) is 0. The summed E-state index contributed by atoms with van der Waals surface area (Å²) in [6.45, 7) is 0. The Labute approximate surface area is 125 Å². The van der Waals surface area contributed by atoms with E-state index in [1.165, 1.54) is 12.1 Å². The molecular formula is C14H13FN6O. The molecule has 0 aliphatic rings. The highest BCUT2D eigenvalue weighted by Gasteiger charge is 2.10. The maximum atomic E-state index is 12.9. The van der Waals surface area contributed by atoms with E-state index in [1.807, 2.05) is 0 Å². The molecule has 0 radical (unpaired) electrons. The van der Waals surface area contributed by atoms with Crippen molar-refractivity contribution >= 4 is 11.8 Å². The zero-order chi connectivity index (χ0) is 15.5. The van der Waals surface area contributed by atoms with Crippen LogP contribution in [-0.2, 0) is 12.8 Å². The van der Waals surface area contributed by atoms with E-state index in [9.17, 15) is 4.39 Å². The monoisotopic (exact) mass is 300 g/mol. The predicted molar refractivity (Wildman–Crippen MR) is 78.0 cm³/mol. The molecule has 2 aromatic heterocycles. The Morgan fingerprint density at radius 1 is 1.05 bits per heavy atom. The average Bonchev–Trinajstić information content (AvgIpc) is 2.96. The van der Waals surface area contributed by atoms with Gasteiger partial charge in [-0.3, -0.25) is 0 Å². The molecule has 0 aliphatic heterocycles. The van der Waals surface area contributed by atoms with Gasteiger partial charge in [0.25, 0.3) is 0 Å². The van der Waals surface area contributed by atoms with E-state index in [-0.39, 0.29) is 11.8 Å². The highest BCUT2D eigenvalue weighted by Crippen LogP contribution is 2.19. The van der Waals surface area contributed by atoms with E-state index in [2.05, 4.69) is 20.2 Å². The van der Waals surface area contributed by atoms with Crippen molar-refractivity contribution in [1.29, 1.82) is 0 Å². The number of nitrogens with zero attached hydrogens (tertiary/aromatic N) is 4. The lowest BCUT2D eigenvalue weighted by molar-refractivity contribution is 0.504. The number of rotatable bonds is 4. The molecule has 0 atom stereocenters. The van der Waals surface area contributed by atoms with Crippen molar-refractivity contribution < 1.29 is 8.81 Å². The topological polar surface area (TPSA) is 117 Å². The van der Waals surface area contributed by atoms with Gasteiger partial charge < -0.3 is 15.9 Å². The van der Waals surface area contributed by atoms with Crippen molar-refractivity contribution in [2.75, 3.05) is 11.5 Å². The van der Waals surface area contributed by atoms with Crippen molar-refractivity contribution in [3.8, 4) is 11.5 Å². The molecule has 0 fully saturated rings. The number of halogens is 1. The number of benzene rings is 1. The average molecular weight is 300 g/mol. The molecule has 22 heavy (non-hydrogen) atoms. The summed E-state index contributed by atoms with van der Waals surface area (Å²) in [5.41, 5.74) is 12.6. The van der Waals surface area contributed by atoms with Crippen LogP contribution >= 0.6 is 0 Å². The Hall–Kier alpha value is -3.03. The molecule has 4 N–H and O–H groups in total. The lowest BCUT2D eigenvalue weighted by atomic mass is 10.2. The second-order valence-electron chi connectivity index (χ2n) is 4.65. The molecule has 0 saturated carbocycles. The van der Waals surface area contributed by atoms with Gasteiger partial charge in [0.1, 0.15) is 11.6 Å². The third-order valence-electron chi connectivity index (χ3n) is 3.08. The van der Waals surface area contributed by atoms with Crippen LogP contribution in [0.4, 0.5) is 16.2 Å². The fourth-order valence-electron chi connectivity index (χ4n) is 1.93. The minimum absolute atomic E-state index is 0.137. The van der Waals surface area contributed by atoms with Gasteiger partial charge in [-0.2, -0.15) is 4.98 Å². The van der Waals surface area contributed by atoms with Crippen molar-refractivity contribution in [3.05, 3.63) is 47.7 Å². The van der Waals surface area contributed by atoms with Crippen LogP contribution in [0.25, 0.3) is 11.5 Å². The Balaban J connectivity index is 1.70. The van der Waals surface area contributed by atoms with Gasteiger partial charge in [-0.1, -0.05) is 0 Å². The second kappa shape index (κ2) is 5.76. The van der Waals surface area contributed by atoms with Crippen molar-refractivity contribution in [2.24, 2.45) is 0 Å². The second-order valence-corrected chi connectivity index (χ2v) is 4.65. The van der Waals surface area contributed by atoms with E-state index in [1.54, 1.807) is 18.3 Å². The van der Waals surface area contributed by atoms with E-state index in [0.717, 1.165) is 5.56 Å². The zero-order valence-corrected chi connectivity index (χ0v) is 11.5. The maximum Gasteiger partial charge on any atom is 0.247 e. The quantitative estimate of drug-likeness (QED) is 0.751. The number of anilines is 2. The summed E-state index contributed by atoms with van der Waals surface area (Å²) in [5.74, 6) is 0.956. The van der Waals surface area contributed by atoms with Gasteiger partial charge in [0.05, 0.1) is 0 Å². The number of aromatic nitrogens is 4. The molecule has 0 amide bonds. The smallest absolute Gasteiger partial charge is 0.247 e. The molecule has 112 valence electrons. The number of nitrogens with two attached hydrogens (primary N) is 2. The SMILES string of the molecule is Nc1ncc(CCc2nnc(-c3ccc(F)cc3)o2)c(N)n1. The fourth-order valence-corrected chi connectivity index (χ4v) is 1.93. The zero-order valence-electron chi connectivity index (χ0n) is 11.5. The van der Waals surface area contributed by atoms with Gasteiger partial charge in [0.2, 0.25) is 17.7 Å². The minimum atomic E-state index is -0.317. The fraction of sp³-hybridized carbons (Fsp3) is 0.143. The van der Waals surface area contributed by atoms with Crippen molar-refractivity contribution in [1.82, 2.24) is 20.2 Å². The van der Waals surface area contributed by atoms with Crippen molar-refractivity contribution in [2.45, 2.75) is 12.8 Å². The van der Waals surface area contributed by atoms with Gasteiger partial charge >= 0.3 is 0 Å². The summed E-state index contributed by atoms with van der Waals surface area (Å²) in [6, 6.07) is 5.84. The normalized spacial score (nSPS) is 10.8. The summed E-state index contributed by atoms with van der Waals surface area (Å²) < 4.78 is 18.4.